The Hall–Kier alpha value is -2.42. The van der Waals surface area contributed by atoms with Gasteiger partial charge in [-0.3, -0.25) is 9.59 Å². The van der Waals surface area contributed by atoms with Gasteiger partial charge in [-0.05, 0) is 51.4 Å². The number of alkyl carbamates (subject to hydrolysis) is 1. The molecule has 1 saturated heterocycles. The molecule has 180 valence electrons. The second-order valence-corrected chi connectivity index (χ2v) is 9.89. The Morgan fingerprint density at radius 3 is 2.38 bits per heavy atom. The molecule has 1 aliphatic heterocycles. The van der Waals surface area contributed by atoms with Crippen LogP contribution in [0.3, 0.4) is 0 Å². The lowest BCUT2D eigenvalue weighted by Crippen LogP contribution is -2.48. The first-order valence-corrected chi connectivity index (χ1v) is 11.3. The summed E-state index contributed by atoms with van der Waals surface area (Å²) < 4.78 is 11.4. The maximum absolute atomic E-state index is 12.3. The standard InChI is InChI=1S/C23H36N2O7/c1-22(2,14-20(28)32-25-18(26)12-13-19(25)27)15-30-16-23(3,4)24-21(29)31-17-10-8-6-5-7-9-11-17/h5-6,17H,7-16H2,1-4H3,(H,24,29)/b6-5+. The molecule has 9 heteroatoms. The summed E-state index contributed by atoms with van der Waals surface area (Å²) in [5.41, 5.74) is -1.25. The normalized spacial score (nSPS) is 21.0. The number of ether oxygens (including phenoxy) is 2. The van der Waals surface area contributed by atoms with Gasteiger partial charge in [0.05, 0.1) is 25.2 Å². The second-order valence-electron chi connectivity index (χ2n) is 9.89. The summed E-state index contributed by atoms with van der Waals surface area (Å²) in [4.78, 5) is 52.5. The van der Waals surface area contributed by atoms with Crippen molar-refractivity contribution in [3.63, 3.8) is 0 Å². The number of allylic oxidation sites excluding steroid dienone is 2. The van der Waals surface area contributed by atoms with Crippen molar-refractivity contribution < 1.29 is 33.5 Å². The summed E-state index contributed by atoms with van der Waals surface area (Å²) in [6, 6.07) is 0. The average Bonchev–Trinajstić information content (AvgIpc) is 2.94. The summed E-state index contributed by atoms with van der Waals surface area (Å²) in [5, 5.41) is 3.39. The lowest BCUT2D eigenvalue weighted by atomic mass is 9.90. The molecule has 0 aromatic carbocycles. The third-order valence-corrected chi connectivity index (χ3v) is 5.21. The van der Waals surface area contributed by atoms with Gasteiger partial charge in [0.25, 0.3) is 11.8 Å². The smallest absolute Gasteiger partial charge is 0.407 e. The second kappa shape index (κ2) is 11.4. The van der Waals surface area contributed by atoms with Gasteiger partial charge in [0.15, 0.2) is 0 Å². The SMILES string of the molecule is CC(C)(COCC(C)(C)NC(=O)OC1CC/C=C/CCC1)CC(=O)ON1C(=O)CCC1=O. The van der Waals surface area contributed by atoms with Gasteiger partial charge in [-0.1, -0.05) is 26.0 Å². The summed E-state index contributed by atoms with van der Waals surface area (Å²) in [6.07, 6.45) is 8.42. The molecule has 2 aliphatic rings. The van der Waals surface area contributed by atoms with Gasteiger partial charge in [0.2, 0.25) is 0 Å². The molecule has 1 heterocycles. The third-order valence-electron chi connectivity index (χ3n) is 5.21. The number of hydrogen-bond donors (Lipinski definition) is 1. The number of rotatable bonds is 9. The van der Waals surface area contributed by atoms with E-state index in [-0.39, 0.29) is 38.6 Å². The molecule has 3 amide bonds. The molecule has 2 rings (SSSR count). The van der Waals surface area contributed by atoms with Gasteiger partial charge in [0.1, 0.15) is 6.10 Å². The van der Waals surface area contributed by atoms with Gasteiger partial charge in [-0.2, -0.15) is 0 Å². The minimum Gasteiger partial charge on any atom is -0.446 e. The van der Waals surface area contributed by atoms with Crippen molar-refractivity contribution in [2.24, 2.45) is 5.41 Å². The van der Waals surface area contributed by atoms with Crippen molar-refractivity contribution in [1.82, 2.24) is 10.4 Å². The van der Waals surface area contributed by atoms with Crippen LogP contribution in [0, 0.1) is 5.41 Å². The highest BCUT2D eigenvalue weighted by Crippen LogP contribution is 2.24. The lowest BCUT2D eigenvalue weighted by molar-refractivity contribution is -0.199. The predicted molar refractivity (Wildman–Crippen MR) is 116 cm³/mol. The van der Waals surface area contributed by atoms with E-state index >= 15 is 0 Å². The topological polar surface area (TPSA) is 111 Å². The Morgan fingerprint density at radius 1 is 1.03 bits per heavy atom. The molecule has 1 aliphatic carbocycles. The van der Waals surface area contributed by atoms with E-state index in [2.05, 4.69) is 17.5 Å². The highest BCUT2D eigenvalue weighted by atomic mass is 16.7. The summed E-state index contributed by atoms with van der Waals surface area (Å²) in [7, 11) is 0. The Bertz CT molecular complexity index is 714. The van der Waals surface area contributed by atoms with Gasteiger partial charge in [-0.25, -0.2) is 9.59 Å². The molecule has 0 radical (unpaired) electrons. The number of carbonyl (C=O) groups excluding carboxylic acids is 4. The lowest BCUT2D eigenvalue weighted by Gasteiger charge is -2.30. The van der Waals surface area contributed by atoms with E-state index in [0.717, 1.165) is 32.1 Å². The van der Waals surface area contributed by atoms with E-state index in [1.54, 1.807) is 0 Å². The maximum atomic E-state index is 12.3. The van der Waals surface area contributed by atoms with Gasteiger partial charge in [-0.15, -0.1) is 5.06 Å². The predicted octanol–water partition coefficient (Wildman–Crippen LogP) is 3.42. The van der Waals surface area contributed by atoms with Gasteiger partial charge >= 0.3 is 12.1 Å². The van der Waals surface area contributed by atoms with Crippen molar-refractivity contribution in [1.29, 1.82) is 0 Å². The summed E-state index contributed by atoms with van der Waals surface area (Å²) in [6.45, 7) is 7.75. The fraction of sp³-hybridized carbons (Fsp3) is 0.739. The van der Waals surface area contributed by atoms with E-state index in [1.165, 1.54) is 0 Å². The van der Waals surface area contributed by atoms with Crippen LogP contribution in [0.2, 0.25) is 0 Å². The first kappa shape index (κ1) is 25.8. The summed E-state index contributed by atoms with van der Waals surface area (Å²) >= 11 is 0. The molecule has 0 aromatic heterocycles. The first-order chi connectivity index (χ1) is 15.0. The number of amides is 3. The van der Waals surface area contributed by atoms with Crippen LogP contribution in [-0.2, 0) is 28.7 Å². The van der Waals surface area contributed by atoms with Crippen molar-refractivity contribution in [3.8, 4) is 0 Å². The Morgan fingerprint density at radius 2 is 1.69 bits per heavy atom. The van der Waals surface area contributed by atoms with Gasteiger partial charge < -0.3 is 19.6 Å². The molecule has 0 spiro atoms. The monoisotopic (exact) mass is 452 g/mol. The van der Waals surface area contributed by atoms with Gasteiger partial charge in [0, 0.05) is 12.8 Å². The molecule has 1 N–H and O–H groups in total. The van der Waals surface area contributed by atoms with E-state index in [9.17, 15) is 19.2 Å². The van der Waals surface area contributed by atoms with Crippen LogP contribution >= 0.6 is 0 Å². The van der Waals surface area contributed by atoms with Crippen molar-refractivity contribution in [2.75, 3.05) is 13.2 Å². The highest BCUT2D eigenvalue weighted by Gasteiger charge is 2.34. The highest BCUT2D eigenvalue weighted by molar-refractivity contribution is 6.01. The zero-order chi connectivity index (χ0) is 23.8. The number of hydrogen-bond acceptors (Lipinski definition) is 7. The maximum Gasteiger partial charge on any atom is 0.407 e. The van der Waals surface area contributed by atoms with Crippen LogP contribution in [0.5, 0.6) is 0 Å². The van der Waals surface area contributed by atoms with Crippen LogP contribution in [0.15, 0.2) is 12.2 Å². The molecule has 1 fully saturated rings. The van der Waals surface area contributed by atoms with Crippen LogP contribution in [0.4, 0.5) is 4.79 Å². The number of nitrogens with zero attached hydrogens (tertiary/aromatic N) is 1. The van der Waals surface area contributed by atoms with Crippen molar-refractivity contribution >= 4 is 23.9 Å². The zero-order valence-electron chi connectivity index (χ0n) is 19.6. The van der Waals surface area contributed by atoms with E-state index in [1.807, 2.05) is 27.7 Å². The minimum absolute atomic E-state index is 0.0317. The van der Waals surface area contributed by atoms with Crippen molar-refractivity contribution in [3.05, 3.63) is 12.2 Å². The van der Waals surface area contributed by atoms with Crippen LogP contribution in [-0.4, -0.2) is 53.8 Å². The molecule has 0 saturated carbocycles. The molecule has 1 atom stereocenters. The largest absolute Gasteiger partial charge is 0.446 e. The Labute approximate surface area is 189 Å². The average molecular weight is 453 g/mol. The fourth-order valence-corrected chi connectivity index (χ4v) is 3.55. The number of imide groups is 1. The molecule has 0 bridgehead atoms. The third kappa shape index (κ3) is 8.98. The molecule has 9 nitrogen and oxygen atoms in total. The quantitative estimate of drug-likeness (QED) is 0.421. The minimum atomic E-state index is -0.669. The number of carbonyl (C=O) groups is 4. The van der Waals surface area contributed by atoms with E-state index < -0.39 is 34.8 Å². The molecular formula is C23H36N2O7. The van der Waals surface area contributed by atoms with Crippen molar-refractivity contribution in [2.45, 2.75) is 90.7 Å². The van der Waals surface area contributed by atoms with E-state index in [4.69, 9.17) is 14.3 Å². The molecule has 32 heavy (non-hydrogen) atoms. The molecule has 0 aromatic rings. The summed E-state index contributed by atoms with van der Waals surface area (Å²) in [5.74, 6) is -1.68. The van der Waals surface area contributed by atoms with Crippen LogP contribution < -0.4 is 5.32 Å². The number of hydroxylamine groups is 2. The Balaban J connectivity index is 1.72. The van der Waals surface area contributed by atoms with E-state index in [0.29, 0.717) is 5.06 Å². The molecule has 1 unspecified atom stereocenters. The molecular weight excluding hydrogens is 416 g/mol. The first-order valence-electron chi connectivity index (χ1n) is 11.3. The number of nitrogens with one attached hydrogen (secondary N) is 1. The zero-order valence-corrected chi connectivity index (χ0v) is 19.6. The van der Waals surface area contributed by atoms with Crippen LogP contribution in [0.25, 0.3) is 0 Å². The fourth-order valence-electron chi connectivity index (χ4n) is 3.55. The Kier molecular flexibility index (Phi) is 9.24. The van der Waals surface area contributed by atoms with Crippen LogP contribution in [0.1, 0.15) is 79.1 Å².